The zero-order chi connectivity index (χ0) is 45.6. The Hall–Kier alpha value is -4.67. The molecule has 2 saturated heterocycles. The third-order valence-corrected chi connectivity index (χ3v) is 12.0. The van der Waals surface area contributed by atoms with Crippen LogP contribution in [0.25, 0.3) is 22.4 Å². The zero-order valence-electron chi connectivity index (χ0n) is 37.7. The second kappa shape index (κ2) is 21.1. The summed E-state index contributed by atoms with van der Waals surface area (Å²) in [6, 6.07) is 16.9. The summed E-state index contributed by atoms with van der Waals surface area (Å²) in [5, 5.41) is 3.44. The summed E-state index contributed by atoms with van der Waals surface area (Å²) in [6.07, 6.45) is 4.07. The quantitative estimate of drug-likeness (QED) is 0.176. The van der Waals surface area contributed by atoms with Crippen LogP contribution in [0.5, 0.6) is 11.6 Å². The van der Waals surface area contributed by atoms with E-state index in [2.05, 4.69) is 10.3 Å². The van der Waals surface area contributed by atoms with Crippen LogP contribution in [-0.2, 0) is 30.2 Å². The van der Waals surface area contributed by atoms with E-state index in [0.29, 0.717) is 70.4 Å². The van der Waals surface area contributed by atoms with Crippen molar-refractivity contribution in [3.8, 4) is 23.0 Å². The van der Waals surface area contributed by atoms with Crippen molar-refractivity contribution in [3.05, 3.63) is 128 Å². The van der Waals surface area contributed by atoms with Gasteiger partial charge in [-0.1, -0.05) is 47.5 Å². The fraction of sp³-hybridized carbons (Fsp3) is 0.326. The summed E-state index contributed by atoms with van der Waals surface area (Å²) in [4.78, 5) is 90.9. The molecule has 2 fully saturated rings. The topological polar surface area (TPSA) is 185 Å². The smallest absolute Gasteiger partial charge is 0.488 e. The van der Waals surface area contributed by atoms with Crippen molar-refractivity contribution in [1.29, 1.82) is 0 Å². The largest absolute Gasteiger partial charge is 1.00 e. The number of halogens is 2. The Kier molecular flexibility index (Phi) is 16.2. The standard InChI is InChI=1S/C39H40ClN9O8.C6H5Cl.CH3.Cs/c1-20(2)48-28-19-47(27-16-22(40)18-44(3)37(27)53)38(54)31(28)43-33(48)24-15-21(17-41-35(24)56-5)36(52)46-13-11-23(12-14-46)57-29-8-6-7-25-32(29)45(4)39(55)49(25)26-9-10-30(50)42-34(26)51;7-6-4-2-1-3-5-6;;/h6-8,15-18,20,23,26H,9-14,19H2,1-5H3,(H,42,50,51);1-5H;1H3;/q;;-1;+1. The van der Waals surface area contributed by atoms with Gasteiger partial charge in [0.2, 0.25) is 17.7 Å². The summed E-state index contributed by atoms with van der Waals surface area (Å²) in [5.74, 6) is -0.446. The normalized spacial score (nSPS) is 16.0. The number of likely N-dealkylation sites (tertiary alicyclic amines) is 1. The maximum absolute atomic E-state index is 14.0. The number of rotatable bonds is 8. The number of pyridine rings is 2. The number of imidazole rings is 2. The second-order valence-electron chi connectivity index (χ2n) is 16.0. The molecule has 3 aliphatic heterocycles. The number of para-hydroxylation sites is 1. The Balaban J connectivity index is 0.000000733. The Bertz CT molecular complexity index is 2960. The average molecular weight is 1060 g/mol. The molecule has 340 valence electrons. The Morgan fingerprint density at radius 2 is 1.64 bits per heavy atom. The molecule has 1 N–H and O–H groups in total. The van der Waals surface area contributed by atoms with Gasteiger partial charge in [0.25, 0.3) is 17.4 Å². The predicted molar refractivity (Wildman–Crippen MR) is 246 cm³/mol. The number of hydrogen-bond donors (Lipinski definition) is 1. The van der Waals surface area contributed by atoms with Crippen molar-refractivity contribution < 1.29 is 97.5 Å². The summed E-state index contributed by atoms with van der Waals surface area (Å²) in [7, 11) is 4.66. The number of anilines is 1. The van der Waals surface area contributed by atoms with E-state index in [1.54, 1.807) is 43.3 Å². The van der Waals surface area contributed by atoms with E-state index in [0.717, 1.165) is 5.02 Å². The molecule has 0 radical (unpaired) electrons. The molecule has 0 aliphatic carbocycles. The van der Waals surface area contributed by atoms with Crippen LogP contribution in [0.15, 0.2) is 82.6 Å². The first-order valence-corrected chi connectivity index (χ1v) is 21.5. The molecule has 1 atom stereocenters. The van der Waals surface area contributed by atoms with E-state index in [9.17, 15) is 28.8 Å². The summed E-state index contributed by atoms with van der Waals surface area (Å²) >= 11 is 11.8. The number of benzene rings is 2. The summed E-state index contributed by atoms with van der Waals surface area (Å²) < 4.78 is 18.2. The Morgan fingerprint density at radius 3 is 2.27 bits per heavy atom. The molecular formula is C46H48Cl2CsN9O8. The minimum Gasteiger partial charge on any atom is -0.488 e. The van der Waals surface area contributed by atoms with Crippen LogP contribution in [0, 0.1) is 7.43 Å². The number of fused-ring (bicyclic) bond motifs is 2. The van der Waals surface area contributed by atoms with E-state index >= 15 is 0 Å². The van der Waals surface area contributed by atoms with Crippen LogP contribution >= 0.6 is 23.2 Å². The molecule has 0 bridgehead atoms. The number of hydrogen-bond acceptors (Lipinski definition) is 10. The van der Waals surface area contributed by atoms with Gasteiger partial charge in [0, 0.05) is 69.9 Å². The predicted octanol–water partition coefficient (Wildman–Crippen LogP) is 3.16. The Labute approximate surface area is 449 Å². The van der Waals surface area contributed by atoms with Crippen molar-refractivity contribution in [2.45, 2.75) is 64.3 Å². The molecule has 17 nitrogen and oxygen atoms in total. The van der Waals surface area contributed by atoms with Crippen molar-refractivity contribution >= 4 is 63.6 Å². The van der Waals surface area contributed by atoms with Gasteiger partial charge in [-0.05, 0) is 56.7 Å². The van der Waals surface area contributed by atoms with Crippen LogP contribution in [0.2, 0.25) is 10.0 Å². The summed E-state index contributed by atoms with van der Waals surface area (Å²) in [5.41, 5.74) is 2.01. The van der Waals surface area contributed by atoms with Crippen LogP contribution in [0.1, 0.15) is 78.2 Å². The van der Waals surface area contributed by atoms with E-state index in [-0.39, 0.29) is 148 Å². The zero-order valence-corrected chi connectivity index (χ0v) is 45.5. The third kappa shape index (κ3) is 9.83. The number of imide groups is 1. The molecule has 3 aliphatic rings. The van der Waals surface area contributed by atoms with Gasteiger partial charge in [0.05, 0.1) is 41.0 Å². The van der Waals surface area contributed by atoms with Crippen molar-refractivity contribution in [2.75, 3.05) is 25.1 Å². The molecule has 20 heteroatoms. The number of carbonyl (C=O) groups excluding carboxylic acids is 4. The first kappa shape index (κ1) is 50.7. The van der Waals surface area contributed by atoms with Crippen molar-refractivity contribution in [1.82, 2.24) is 38.5 Å². The molecule has 0 saturated carbocycles. The van der Waals surface area contributed by atoms with Gasteiger partial charge in [-0.25, -0.2) is 14.8 Å². The number of methoxy groups -OCH3 is 1. The number of amides is 4. The van der Waals surface area contributed by atoms with E-state index in [1.165, 1.54) is 44.2 Å². The van der Waals surface area contributed by atoms with E-state index in [4.69, 9.17) is 37.7 Å². The number of ether oxygens (including phenoxy) is 2. The maximum atomic E-state index is 14.0. The molecule has 4 amide bonds. The van der Waals surface area contributed by atoms with Gasteiger partial charge in [0.15, 0.2) is 5.69 Å². The molecule has 2 aromatic carbocycles. The molecule has 66 heavy (non-hydrogen) atoms. The van der Waals surface area contributed by atoms with Gasteiger partial charge < -0.3 is 30.9 Å². The van der Waals surface area contributed by atoms with Crippen LogP contribution in [0.4, 0.5) is 5.69 Å². The monoisotopic (exact) mass is 1060 g/mol. The van der Waals surface area contributed by atoms with E-state index < -0.39 is 17.9 Å². The first-order valence-electron chi connectivity index (χ1n) is 20.7. The molecule has 9 rings (SSSR count). The van der Waals surface area contributed by atoms with Crippen LogP contribution in [-0.4, -0.2) is 83.1 Å². The van der Waals surface area contributed by atoms with Crippen molar-refractivity contribution in [3.63, 3.8) is 0 Å². The molecule has 7 heterocycles. The number of aromatic nitrogens is 6. The van der Waals surface area contributed by atoms with E-state index in [1.807, 2.05) is 48.7 Å². The number of nitrogens with one attached hydrogen (secondary N) is 1. The molecular weight excluding hydrogens is 1010 g/mol. The van der Waals surface area contributed by atoms with Gasteiger partial charge in [-0.2, -0.15) is 0 Å². The van der Waals surface area contributed by atoms with Crippen molar-refractivity contribution in [2.24, 2.45) is 14.1 Å². The number of carbonyl (C=O) groups is 4. The second-order valence-corrected chi connectivity index (χ2v) is 16.9. The van der Waals surface area contributed by atoms with Gasteiger partial charge in [-0.15, -0.1) is 0 Å². The first-order chi connectivity index (χ1) is 30.7. The maximum Gasteiger partial charge on any atom is 1.00 e. The molecule has 6 aromatic rings. The third-order valence-electron chi connectivity index (χ3n) is 11.6. The minimum atomic E-state index is -0.813. The number of nitrogens with zero attached hydrogens (tertiary/aromatic N) is 8. The van der Waals surface area contributed by atoms with Gasteiger partial charge in [0.1, 0.15) is 34.9 Å². The van der Waals surface area contributed by atoms with Gasteiger partial charge in [-0.3, -0.25) is 43.3 Å². The molecule has 0 spiro atoms. The van der Waals surface area contributed by atoms with Crippen LogP contribution < -0.4 is 99.8 Å². The summed E-state index contributed by atoms with van der Waals surface area (Å²) in [6.45, 7) is 4.77. The fourth-order valence-electron chi connectivity index (χ4n) is 8.50. The number of aryl methyl sites for hydroxylation is 2. The Morgan fingerprint density at radius 1 is 0.924 bits per heavy atom. The molecule has 4 aromatic heterocycles. The van der Waals surface area contributed by atoms with Crippen LogP contribution in [0.3, 0.4) is 0 Å². The SMILES string of the molecule is COc1ncc(C(=O)N2CCC(Oc3cccc4c3n(C)c(=O)n4C3CCC(=O)NC3=O)CC2)cc1-c1nc2c(n1C(C)C)CN(c1cc(Cl)cn(C)c1=O)C2=O.Clc1ccccc1.[CH3-].[Cs+]. The minimum absolute atomic E-state index is 0. The number of piperidine rings is 2. The fourth-order valence-corrected chi connectivity index (χ4v) is 8.89. The van der Waals surface area contributed by atoms with Gasteiger partial charge >= 0.3 is 74.6 Å². The average Bonchev–Trinajstić information content (AvgIpc) is 3.90. The molecule has 1 unspecified atom stereocenters.